The van der Waals surface area contributed by atoms with Crippen LogP contribution in [-0.2, 0) is 25.6 Å². The molecule has 1 heterocycles. The van der Waals surface area contributed by atoms with Crippen LogP contribution in [0.3, 0.4) is 0 Å². The van der Waals surface area contributed by atoms with Gasteiger partial charge in [-0.1, -0.05) is 25.8 Å². The van der Waals surface area contributed by atoms with Gasteiger partial charge < -0.3 is 23.7 Å². The lowest BCUT2D eigenvalue weighted by Crippen LogP contribution is -2.52. The maximum absolute atomic E-state index is 12.3. The molecule has 0 radical (unpaired) electrons. The molecule has 1 aromatic carbocycles. The summed E-state index contributed by atoms with van der Waals surface area (Å²) in [5.41, 5.74) is 1.05. The minimum Gasteiger partial charge on any atom is -0.493 e. The lowest BCUT2D eigenvalue weighted by molar-refractivity contribution is -0.150. The maximum atomic E-state index is 12.3. The zero-order valence-corrected chi connectivity index (χ0v) is 25.8. The van der Waals surface area contributed by atoms with Gasteiger partial charge in [0.1, 0.15) is 6.04 Å². The van der Waals surface area contributed by atoms with E-state index in [4.69, 9.17) is 23.7 Å². The standard InChI is InChI=1S/C28H46N2O7.2ClH/c1-6-23(28(32)36-8-3)30-18-16-29(17-19-30)21-22-14-15-24(33-4)27(34-5)26(22)37-20-12-10-9-11-13-25(31)35-7-2;;/h14-15,23H,6-13,16-21H2,1-5H3;2*1H. The number of carbonyl (C=O) groups excluding carboxylic acids is 2. The first kappa shape index (κ1) is 37.1. The Kier molecular flexibility index (Phi) is 19.9. The van der Waals surface area contributed by atoms with Gasteiger partial charge in [0, 0.05) is 44.7 Å². The predicted octanol–water partition coefficient (Wildman–Crippen LogP) is 4.90. The zero-order valence-electron chi connectivity index (χ0n) is 24.2. The number of ether oxygens (including phenoxy) is 5. The van der Waals surface area contributed by atoms with E-state index in [0.29, 0.717) is 43.5 Å². The molecule has 0 aromatic heterocycles. The summed E-state index contributed by atoms with van der Waals surface area (Å²) in [5, 5.41) is 0. The van der Waals surface area contributed by atoms with Crippen LogP contribution >= 0.6 is 24.8 Å². The molecule has 0 N–H and O–H groups in total. The van der Waals surface area contributed by atoms with Crippen LogP contribution < -0.4 is 14.2 Å². The molecule has 1 aromatic rings. The van der Waals surface area contributed by atoms with Gasteiger partial charge in [0.05, 0.1) is 34.0 Å². The second-order valence-electron chi connectivity index (χ2n) is 9.10. The number of esters is 2. The summed E-state index contributed by atoms with van der Waals surface area (Å²) >= 11 is 0. The summed E-state index contributed by atoms with van der Waals surface area (Å²) in [6.45, 7) is 11.1. The van der Waals surface area contributed by atoms with Crippen molar-refractivity contribution in [2.45, 2.75) is 71.9 Å². The third kappa shape index (κ3) is 12.0. The van der Waals surface area contributed by atoms with Crippen LogP contribution in [0.15, 0.2) is 12.1 Å². The number of benzene rings is 1. The second kappa shape index (κ2) is 20.9. The number of halogens is 2. The van der Waals surface area contributed by atoms with E-state index in [1.807, 2.05) is 32.9 Å². The summed E-state index contributed by atoms with van der Waals surface area (Å²) in [4.78, 5) is 28.4. The third-order valence-electron chi connectivity index (χ3n) is 6.60. The Labute approximate surface area is 246 Å². The van der Waals surface area contributed by atoms with Crippen LogP contribution in [0.5, 0.6) is 17.2 Å². The minimum atomic E-state index is -0.181. The van der Waals surface area contributed by atoms with Crippen molar-refractivity contribution in [3.05, 3.63) is 17.7 Å². The first-order chi connectivity index (χ1) is 18.0. The van der Waals surface area contributed by atoms with Crippen LogP contribution in [0.1, 0.15) is 64.9 Å². The average Bonchev–Trinajstić information content (AvgIpc) is 2.90. The highest BCUT2D eigenvalue weighted by molar-refractivity contribution is 5.85. The van der Waals surface area contributed by atoms with Gasteiger partial charge in [-0.15, -0.1) is 24.8 Å². The van der Waals surface area contributed by atoms with Crippen molar-refractivity contribution in [1.82, 2.24) is 9.80 Å². The van der Waals surface area contributed by atoms with Crippen molar-refractivity contribution in [2.24, 2.45) is 0 Å². The topological polar surface area (TPSA) is 86.8 Å². The van der Waals surface area contributed by atoms with Gasteiger partial charge in [0.2, 0.25) is 5.75 Å². The fourth-order valence-corrected chi connectivity index (χ4v) is 4.64. The molecular weight excluding hydrogens is 547 g/mol. The minimum absolute atomic E-state index is 0. The SMILES string of the molecule is CCOC(=O)CCCCCCOc1c(CN2CCN(C(CC)C(=O)OCC)CC2)ccc(OC)c1OC.Cl.Cl. The van der Waals surface area contributed by atoms with E-state index in [0.717, 1.165) is 70.4 Å². The molecule has 0 aliphatic carbocycles. The Morgan fingerprint density at radius 3 is 2.10 bits per heavy atom. The van der Waals surface area contributed by atoms with Crippen molar-refractivity contribution in [3.63, 3.8) is 0 Å². The number of nitrogens with zero attached hydrogens (tertiary/aromatic N) is 2. The van der Waals surface area contributed by atoms with Gasteiger partial charge in [-0.05, 0) is 39.2 Å². The fraction of sp³-hybridized carbons (Fsp3) is 0.714. The number of piperazine rings is 1. The lowest BCUT2D eigenvalue weighted by atomic mass is 10.1. The molecule has 0 saturated carbocycles. The number of unbranched alkanes of at least 4 members (excludes halogenated alkanes) is 3. The van der Waals surface area contributed by atoms with E-state index in [2.05, 4.69) is 9.80 Å². The summed E-state index contributed by atoms with van der Waals surface area (Å²) in [6.07, 6.45) is 4.85. The molecule has 0 bridgehead atoms. The van der Waals surface area contributed by atoms with E-state index >= 15 is 0 Å². The monoisotopic (exact) mass is 594 g/mol. The van der Waals surface area contributed by atoms with Gasteiger partial charge in [-0.3, -0.25) is 19.4 Å². The molecular formula is C28H48Cl2N2O7. The van der Waals surface area contributed by atoms with Gasteiger partial charge in [-0.2, -0.15) is 0 Å². The van der Waals surface area contributed by atoms with Crippen molar-refractivity contribution < 1.29 is 33.3 Å². The van der Waals surface area contributed by atoms with Gasteiger partial charge in [0.25, 0.3) is 0 Å². The predicted molar refractivity (Wildman–Crippen MR) is 157 cm³/mol. The van der Waals surface area contributed by atoms with Crippen LogP contribution in [0, 0.1) is 0 Å². The number of carbonyl (C=O) groups is 2. The highest BCUT2D eigenvalue weighted by Gasteiger charge is 2.29. The Hall–Kier alpha value is -1.94. The van der Waals surface area contributed by atoms with E-state index in [1.165, 1.54) is 0 Å². The highest BCUT2D eigenvalue weighted by Crippen LogP contribution is 2.40. The van der Waals surface area contributed by atoms with Crippen LogP contribution in [0.25, 0.3) is 0 Å². The third-order valence-corrected chi connectivity index (χ3v) is 6.60. The van der Waals surface area contributed by atoms with E-state index in [9.17, 15) is 9.59 Å². The summed E-state index contributed by atoms with van der Waals surface area (Å²) < 4.78 is 27.7. The molecule has 0 amide bonds. The number of hydrogen-bond donors (Lipinski definition) is 0. The summed E-state index contributed by atoms with van der Waals surface area (Å²) in [5.74, 6) is 1.70. The average molecular weight is 596 g/mol. The number of rotatable bonds is 17. The molecule has 0 spiro atoms. The van der Waals surface area contributed by atoms with Crippen molar-refractivity contribution in [2.75, 3.05) is 60.2 Å². The first-order valence-electron chi connectivity index (χ1n) is 13.6. The second-order valence-corrected chi connectivity index (χ2v) is 9.10. The van der Waals surface area contributed by atoms with E-state index < -0.39 is 0 Å². The largest absolute Gasteiger partial charge is 0.493 e. The molecule has 1 unspecified atom stereocenters. The van der Waals surface area contributed by atoms with Crippen LogP contribution in [0.2, 0.25) is 0 Å². The molecule has 11 heteroatoms. The molecule has 1 saturated heterocycles. The first-order valence-corrected chi connectivity index (χ1v) is 13.6. The van der Waals surface area contributed by atoms with Crippen LogP contribution in [0.4, 0.5) is 0 Å². The van der Waals surface area contributed by atoms with Crippen molar-refractivity contribution in [3.8, 4) is 17.2 Å². The summed E-state index contributed by atoms with van der Waals surface area (Å²) in [6, 6.07) is 3.77. The molecule has 2 rings (SSSR count). The Balaban J connectivity index is 0.00000722. The van der Waals surface area contributed by atoms with Gasteiger partial charge in [-0.25, -0.2) is 0 Å². The highest BCUT2D eigenvalue weighted by atomic mass is 35.5. The number of methoxy groups -OCH3 is 2. The summed E-state index contributed by atoms with van der Waals surface area (Å²) in [7, 11) is 3.25. The maximum Gasteiger partial charge on any atom is 0.323 e. The molecule has 1 aliphatic rings. The smallest absolute Gasteiger partial charge is 0.323 e. The molecule has 1 aliphatic heterocycles. The number of hydrogen-bond acceptors (Lipinski definition) is 9. The molecule has 9 nitrogen and oxygen atoms in total. The fourth-order valence-electron chi connectivity index (χ4n) is 4.64. The van der Waals surface area contributed by atoms with E-state index in [1.54, 1.807) is 14.2 Å². The van der Waals surface area contributed by atoms with Crippen molar-refractivity contribution in [1.29, 1.82) is 0 Å². The molecule has 39 heavy (non-hydrogen) atoms. The molecule has 1 fully saturated rings. The molecule has 226 valence electrons. The Morgan fingerprint density at radius 1 is 0.846 bits per heavy atom. The van der Waals surface area contributed by atoms with Gasteiger partial charge in [0.15, 0.2) is 11.5 Å². The zero-order chi connectivity index (χ0) is 27.0. The Bertz CT molecular complexity index is 836. The lowest BCUT2D eigenvalue weighted by Gasteiger charge is -2.38. The quantitative estimate of drug-likeness (QED) is 0.184. The Morgan fingerprint density at radius 2 is 1.51 bits per heavy atom. The van der Waals surface area contributed by atoms with Crippen LogP contribution in [-0.4, -0.2) is 88.0 Å². The molecule has 1 atom stereocenters. The van der Waals surface area contributed by atoms with Gasteiger partial charge >= 0.3 is 11.9 Å². The van der Waals surface area contributed by atoms with Crippen molar-refractivity contribution >= 4 is 36.8 Å². The van der Waals surface area contributed by atoms with E-state index in [-0.39, 0.29) is 42.8 Å². The normalized spacial score (nSPS) is 14.4.